The highest BCUT2D eigenvalue weighted by Gasteiger charge is 2.86. The molecule has 36 heavy (non-hydrogen) atoms. The number of halogens is 14. The molecule has 0 spiro atoms. The molecular weight excluding hydrogens is 546 g/mol. The van der Waals surface area contributed by atoms with Crippen molar-refractivity contribution in [2.24, 2.45) is 28.6 Å². The highest BCUT2D eigenvalue weighted by atomic mass is 19.4. The number of ketones is 4. The molecule has 2 fully saturated rings. The van der Waals surface area contributed by atoms with E-state index in [1.165, 1.54) is 0 Å². The predicted octanol–water partition coefficient (Wildman–Crippen LogP) is 4.84. The molecule has 4 nitrogen and oxygen atoms in total. The molecule has 0 aromatic heterocycles. The third-order valence-electron chi connectivity index (χ3n) is 7.08. The first-order valence-corrected chi connectivity index (χ1v) is 9.32. The number of hydrogen-bond acceptors (Lipinski definition) is 4. The molecule has 0 radical (unpaired) electrons. The smallest absolute Gasteiger partial charge is 0.298 e. The van der Waals surface area contributed by atoms with Gasteiger partial charge in [0.15, 0.2) is 5.78 Å². The summed E-state index contributed by atoms with van der Waals surface area (Å²) in [5.41, 5.74) is -5.75. The first-order valence-electron chi connectivity index (χ1n) is 9.32. The fourth-order valence-corrected chi connectivity index (χ4v) is 4.73. The van der Waals surface area contributed by atoms with Crippen LogP contribution in [0.1, 0.15) is 20.8 Å². The Morgan fingerprint density at radius 3 is 1.31 bits per heavy atom. The maximum Gasteiger partial charge on any atom is 0.460 e. The van der Waals surface area contributed by atoms with Gasteiger partial charge in [0.05, 0.1) is 11.8 Å². The molecule has 206 valence electrons. The lowest BCUT2D eigenvalue weighted by atomic mass is 9.63. The summed E-state index contributed by atoms with van der Waals surface area (Å²) >= 11 is 0. The van der Waals surface area contributed by atoms with Crippen LogP contribution in [0, 0.1) is 28.6 Å². The van der Waals surface area contributed by atoms with E-state index in [2.05, 4.69) is 0 Å². The van der Waals surface area contributed by atoms with Crippen LogP contribution in [-0.2, 0) is 19.2 Å². The number of carbonyl (C=O) groups is 4. The number of carbonyl (C=O) groups excluding carboxylic acids is 4. The third kappa shape index (κ3) is 3.20. The van der Waals surface area contributed by atoms with Crippen LogP contribution in [0.5, 0.6) is 0 Å². The fourth-order valence-electron chi connectivity index (χ4n) is 4.73. The molecule has 0 aromatic rings. The SMILES string of the molecule is CC1(C)C2C(=O)C(C(=O)C(F)(F)C(F)(F)C(F)(F)F)C1(C)C(=O)C2C(=O)C(F)(F)C(F)(F)C(F)(F)F. The molecule has 4 unspecified atom stereocenters. The van der Waals surface area contributed by atoms with Gasteiger partial charge < -0.3 is 0 Å². The standard InChI is InChI=1S/C18H12F14O4/c1-11(2)5-4(9(35)13(19,20)15(23,24)17(27,28)29)8(34)12(11,3)6(7(5)33)10(36)14(21,22)16(25,26)18(30,31)32/h4-6H,1-3H3. The van der Waals surface area contributed by atoms with Crippen molar-refractivity contribution in [2.45, 2.75) is 56.8 Å². The molecule has 2 bridgehead atoms. The molecule has 4 atom stereocenters. The average Bonchev–Trinajstić information content (AvgIpc) is 2.92. The Kier molecular flexibility index (Phi) is 6.14. The molecular formula is C18H12F14O4. The van der Waals surface area contributed by atoms with E-state index in [1.807, 2.05) is 0 Å². The molecule has 2 saturated carbocycles. The molecule has 0 amide bonds. The quantitative estimate of drug-likeness (QED) is 0.346. The van der Waals surface area contributed by atoms with Crippen LogP contribution >= 0.6 is 0 Å². The van der Waals surface area contributed by atoms with Gasteiger partial charge in [0.1, 0.15) is 5.78 Å². The summed E-state index contributed by atoms with van der Waals surface area (Å²) in [6.07, 6.45) is -14.1. The monoisotopic (exact) mass is 558 g/mol. The van der Waals surface area contributed by atoms with Crippen LogP contribution in [0.25, 0.3) is 0 Å². The normalized spacial score (nSPS) is 29.6. The van der Waals surface area contributed by atoms with Crippen LogP contribution in [-0.4, -0.2) is 59.2 Å². The van der Waals surface area contributed by atoms with E-state index in [-0.39, 0.29) is 6.92 Å². The van der Waals surface area contributed by atoms with Gasteiger partial charge in [-0.3, -0.25) is 19.2 Å². The Bertz CT molecular complexity index is 1020. The van der Waals surface area contributed by atoms with Crippen molar-refractivity contribution >= 4 is 23.1 Å². The summed E-state index contributed by atoms with van der Waals surface area (Å²) < 4.78 is 184. The Morgan fingerprint density at radius 1 is 0.639 bits per heavy atom. The molecule has 2 rings (SSSR count). The molecule has 0 N–H and O–H groups in total. The van der Waals surface area contributed by atoms with Gasteiger partial charge in [0.25, 0.3) is 0 Å². The van der Waals surface area contributed by atoms with Gasteiger partial charge in [-0.15, -0.1) is 0 Å². The van der Waals surface area contributed by atoms with Gasteiger partial charge in [-0.25, -0.2) is 0 Å². The minimum Gasteiger partial charge on any atom is -0.298 e. The zero-order chi connectivity index (χ0) is 29.0. The van der Waals surface area contributed by atoms with Gasteiger partial charge in [-0.2, -0.15) is 61.5 Å². The second-order valence-corrected chi connectivity index (χ2v) is 9.10. The van der Waals surface area contributed by atoms with Gasteiger partial charge in [0.2, 0.25) is 11.6 Å². The molecule has 2 aliphatic rings. The molecule has 0 aromatic carbocycles. The fraction of sp³-hybridized carbons (Fsp3) is 0.778. The third-order valence-corrected chi connectivity index (χ3v) is 7.08. The van der Waals surface area contributed by atoms with Gasteiger partial charge in [-0.05, 0) is 5.41 Å². The zero-order valence-corrected chi connectivity index (χ0v) is 17.7. The molecule has 0 saturated heterocycles. The Morgan fingerprint density at radius 2 is 0.972 bits per heavy atom. The Balaban J connectivity index is 2.66. The second kappa shape index (κ2) is 7.39. The largest absolute Gasteiger partial charge is 0.460 e. The maximum atomic E-state index is 14.0. The number of Topliss-reactive ketones (excluding diaryl/α,β-unsaturated/α-hetero) is 4. The summed E-state index contributed by atoms with van der Waals surface area (Å²) in [4.78, 5) is 49.7. The predicted molar refractivity (Wildman–Crippen MR) is 84.3 cm³/mol. The van der Waals surface area contributed by atoms with Gasteiger partial charge in [-0.1, -0.05) is 20.8 Å². The van der Waals surface area contributed by atoms with Crippen molar-refractivity contribution in [2.75, 3.05) is 0 Å². The summed E-state index contributed by atoms with van der Waals surface area (Å²) in [6, 6.07) is 0. The topological polar surface area (TPSA) is 68.3 Å². The number of fused-ring (bicyclic) bond motifs is 2. The first kappa shape index (κ1) is 29.9. The first-order chi connectivity index (χ1) is 15.5. The van der Waals surface area contributed by atoms with Crippen molar-refractivity contribution in [1.29, 1.82) is 0 Å². The lowest BCUT2D eigenvalue weighted by Gasteiger charge is -2.38. The van der Waals surface area contributed by atoms with Crippen molar-refractivity contribution in [3.63, 3.8) is 0 Å². The zero-order valence-electron chi connectivity index (χ0n) is 17.7. The number of alkyl halides is 14. The van der Waals surface area contributed by atoms with Crippen LogP contribution < -0.4 is 0 Å². The lowest BCUT2D eigenvalue weighted by Crippen LogP contribution is -2.63. The van der Waals surface area contributed by atoms with Crippen LogP contribution in [0.4, 0.5) is 61.5 Å². The maximum absolute atomic E-state index is 14.0. The molecule has 0 heterocycles. The van der Waals surface area contributed by atoms with Crippen molar-refractivity contribution < 1.29 is 80.6 Å². The van der Waals surface area contributed by atoms with Gasteiger partial charge in [0, 0.05) is 11.3 Å². The molecule has 0 aliphatic heterocycles. The van der Waals surface area contributed by atoms with Crippen molar-refractivity contribution in [3.05, 3.63) is 0 Å². The minimum absolute atomic E-state index is 0.269. The molecule has 18 heteroatoms. The van der Waals surface area contributed by atoms with Crippen LogP contribution in [0.2, 0.25) is 0 Å². The van der Waals surface area contributed by atoms with Gasteiger partial charge >= 0.3 is 36.0 Å². The Hall–Kier alpha value is -2.30. The van der Waals surface area contributed by atoms with E-state index in [9.17, 15) is 80.6 Å². The van der Waals surface area contributed by atoms with E-state index in [1.54, 1.807) is 0 Å². The highest BCUT2D eigenvalue weighted by Crippen LogP contribution is 2.69. The summed E-state index contributed by atoms with van der Waals surface area (Å²) in [7, 11) is 0. The van der Waals surface area contributed by atoms with E-state index in [0.717, 1.165) is 0 Å². The van der Waals surface area contributed by atoms with Crippen molar-refractivity contribution in [1.82, 2.24) is 0 Å². The average molecular weight is 558 g/mol. The van der Waals surface area contributed by atoms with E-state index in [4.69, 9.17) is 0 Å². The number of hydrogen-bond donors (Lipinski definition) is 0. The second-order valence-electron chi connectivity index (χ2n) is 9.10. The van der Waals surface area contributed by atoms with Crippen LogP contribution in [0.15, 0.2) is 0 Å². The Labute approximate surface area is 190 Å². The van der Waals surface area contributed by atoms with Crippen LogP contribution in [0.3, 0.4) is 0 Å². The lowest BCUT2D eigenvalue weighted by molar-refractivity contribution is -0.344. The molecule has 2 aliphatic carbocycles. The minimum atomic E-state index is -7.11. The van der Waals surface area contributed by atoms with Crippen molar-refractivity contribution in [3.8, 4) is 0 Å². The van der Waals surface area contributed by atoms with E-state index < -0.39 is 87.8 Å². The highest BCUT2D eigenvalue weighted by molar-refractivity contribution is 6.24. The summed E-state index contributed by atoms with van der Waals surface area (Å²) in [6.45, 7) is 1.48. The summed E-state index contributed by atoms with van der Waals surface area (Å²) in [5, 5.41) is 0. The number of rotatable bonds is 6. The van der Waals surface area contributed by atoms with E-state index in [0.29, 0.717) is 13.8 Å². The van der Waals surface area contributed by atoms with E-state index >= 15 is 0 Å². The summed E-state index contributed by atoms with van der Waals surface area (Å²) in [5.74, 6) is -48.7.